The predicted molar refractivity (Wildman–Crippen MR) is 88.0 cm³/mol. The summed E-state index contributed by atoms with van der Waals surface area (Å²) in [4.78, 5) is 12.6. The Hall–Kier alpha value is -2.41. The van der Waals surface area contributed by atoms with Crippen LogP contribution in [-0.4, -0.2) is 40.6 Å². The van der Waals surface area contributed by atoms with Gasteiger partial charge in [0, 0.05) is 5.56 Å². The number of aromatic nitrogens is 3. The second-order valence-electron chi connectivity index (χ2n) is 6.32. The monoisotopic (exact) mass is 327 g/mol. The van der Waals surface area contributed by atoms with E-state index in [1.54, 1.807) is 0 Å². The van der Waals surface area contributed by atoms with Crippen molar-refractivity contribution in [2.75, 3.05) is 19.7 Å². The fraction of sp³-hybridized carbons (Fsp3) is 0.471. The molecule has 2 N–H and O–H groups in total. The standard InChI is InChI=1S/C17H21N5O2/c1-11-16(20-21-22(11)12-6-8-18-9-7-12)17(23)19-14-10-24-15-5-3-2-4-13(14)15/h2-5,12,14,18H,6-10H2,1H3,(H,19,23). The Morgan fingerprint density at radius 1 is 1.33 bits per heavy atom. The van der Waals surface area contributed by atoms with E-state index in [2.05, 4.69) is 20.9 Å². The molecule has 3 heterocycles. The Balaban J connectivity index is 1.50. The van der Waals surface area contributed by atoms with Crippen molar-refractivity contribution < 1.29 is 9.53 Å². The maximum atomic E-state index is 12.6. The van der Waals surface area contributed by atoms with Gasteiger partial charge in [0.2, 0.25) is 0 Å². The van der Waals surface area contributed by atoms with Gasteiger partial charge in [-0.2, -0.15) is 0 Å². The number of ether oxygens (including phenoxy) is 1. The highest BCUT2D eigenvalue weighted by atomic mass is 16.5. The van der Waals surface area contributed by atoms with Gasteiger partial charge >= 0.3 is 0 Å². The predicted octanol–water partition coefficient (Wildman–Crippen LogP) is 1.37. The normalized spacial score (nSPS) is 20.5. The van der Waals surface area contributed by atoms with Crippen LogP contribution in [0.2, 0.25) is 0 Å². The molecular formula is C17H21N5O2. The molecule has 1 fully saturated rings. The topological polar surface area (TPSA) is 81.1 Å². The summed E-state index contributed by atoms with van der Waals surface area (Å²) in [6, 6.07) is 7.95. The molecule has 2 aromatic rings. The largest absolute Gasteiger partial charge is 0.491 e. The summed E-state index contributed by atoms with van der Waals surface area (Å²) in [6.07, 6.45) is 2.02. The van der Waals surface area contributed by atoms with E-state index in [-0.39, 0.29) is 11.9 Å². The Labute approximate surface area is 140 Å². The zero-order chi connectivity index (χ0) is 16.5. The first-order valence-corrected chi connectivity index (χ1v) is 8.39. The lowest BCUT2D eigenvalue weighted by atomic mass is 10.1. The van der Waals surface area contributed by atoms with E-state index < -0.39 is 0 Å². The molecule has 7 nitrogen and oxygen atoms in total. The van der Waals surface area contributed by atoms with Gasteiger partial charge in [-0.3, -0.25) is 4.79 Å². The van der Waals surface area contributed by atoms with Crippen LogP contribution >= 0.6 is 0 Å². The minimum Gasteiger partial charge on any atom is -0.491 e. The number of hydrogen-bond acceptors (Lipinski definition) is 5. The summed E-state index contributed by atoms with van der Waals surface area (Å²) in [7, 11) is 0. The van der Waals surface area contributed by atoms with E-state index in [9.17, 15) is 4.79 Å². The minimum absolute atomic E-state index is 0.142. The average molecular weight is 327 g/mol. The molecule has 1 aromatic heterocycles. The van der Waals surface area contributed by atoms with Crippen LogP contribution in [0.5, 0.6) is 5.75 Å². The number of hydrogen-bond donors (Lipinski definition) is 2. The summed E-state index contributed by atoms with van der Waals surface area (Å²) in [5.41, 5.74) is 2.23. The SMILES string of the molecule is Cc1c(C(=O)NC2COc3ccccc32)nnn1C1CCNCC1. The van der Waals surface area contributed by atoms with Crippen LogP contribution in [-0.2, 0) is 0 Å². The summed E-state index contributed by atoms with van der Waals surface area (Å²) >= 11 is 0. The van der Waals surface area contributed by atoms with Crippen LogP contribution in [0, 0.1) is 6.92 Å². The molecule has 0 saturated carbocycles. The van der Waals surface area contributed by atoms with Gasteiger partial charge in [-0.05, 0) is 38.9 Å². The van der Waals surface area contributed by atoms with Crippen LogP contribution < -0.4 is 15.4 Å². The lowest BCUT2D eigenvalue weighted by Gasteiger charge is -2.23. The number of para-hydroxylation sites is 1. The van der Waals surface area contributed by atoms with Crippen molar-refractivity contribution in [1.29, 1.82) is 0 Å². The molecule has 4 rings (SSSR count). The van der Waals surface area contributed by atoms with Gasteiger partial charge in [0.15, 0.2) is 5.69 Å². The van der Waals surface area contributed by atoms with E-state index in [4.69, 9.17) is 4.74 Å². The van der Waals surface area contributed by atoms with Crippen LogP contribution in [0.1, 0.15) is 46.7 Å². The number of nitrogens with zero attached hydrogens (tertiary/aromatic N) is 3. The van der Waals surface area contributed by atoms with Crippen molar-refractivity contribution >= 4 is 5.91 Å². The maximum absolute atomic E-state index is 12.6. The van der Waals surface area contributed by atoms with Gasteiger partial charge < -0.3 is 15.4 Å². The molecule has 1 amide bonds. The highest BCUT2D eigenvalue weighted by Crippen LogP contribution is 2.31. The van der Waals surface area contributed by atoms with Crippen molar-refractivity contribution in [3.05, 3.63) is 41.2 Å². The number of rotatable bonds is 3. The van der Waals surface area contributed by atoms with E-state index in [1.165, 1.54) is 0 Å². The second kappa shape index (κ2) is 6.24. The summed E-state index contributed by atoms with van der Waals surface area (Å²) in [5, 5.41) is 14.7. The third kappa shape index (κ3) is 2.65. The molecule has 126 valence electrons. The number of carbonyl (C=O) groups excluding carboxylic acids is 1. The van der Waals surface area contributed by atoms with Crippen LogP contribution in [0.4, 0.5) is 0 Å². The fourth-order valence-electron chi connectivity index (χ4n) is 3.46. The molecule has 24 heavy (non-hydrogen) atoms. The van der Waals surface area contributed by atoms with Gasteiger partial charge in [0.05, 0.1) is 17.8 Å². The van der Waals surface area contributed by atoms with Crippen molar-refractivity contribution in [3.8, 4) is 5.75 Å². The maximum Gasteiger partial charge on any atom is 0.274 e. The first kappa shape index (κ1) is 15.1. The summed E-state index contributed by atoms with van der Waals surface area (Å²) in [5.74, 6) is 0.635. The Kier molecular flexibility index (Phi) is 3.93. The highest BCUT2D eigenvalue weighted by molar-refractivity contribution is 5.93. The van der Waals surface area contributed by atoms with E-state index >= 15 is 0 Å². The third-order valence-electron chi connectivity index (χ3n) is 4.80. The third-order valence-corrected chi connectivity index (χ3v) is 4.80. The number of nitrogens with one attached hydrogen (secondary N) is 2. The van der Waals surface area contributed by atoms with Crippen LogP contribution in [0.25, 0.3) is 0 Å². The number of amides is 1. The zero-order valence-corrected chi connectivity index (χ0v) is 13.7. The summed E-state index contributed by atoms with van der Waals surface area (Å²) in [6.45, 7) is 4.31. The number of benzene rings is 1. The molecule has 7 heteroatoms. The molecule has 0 radical (unpaired) electrons. The van der Waals surface area contributed by atoms with E-state index in [1.807, 2.05) is 35.9 Å². The Morgan fingerprint density at radius 3 is 2.96 bits per heavy atom. The quantitative estimate of drug-likeness (QED) is 0.890. The van der Waals surface area contributed by atoms with E-state index in [0.29, 0.717) is 18.3 Å². The van der Waals surface area contributed by atoms with Crippen LogP contribution in [0.15, 0.2) is 24.3 Å². The number of piperidine rings is 1. The second-order valence-corrected chi connectivity index (χ2v) is 6.32. The van der Waals surface area contributed by atoms with Gasteiger partial charge in [0.1, 0.15) is 12.4 Å². The number of carbonyl (C=O) groups is 1. The van der Waals surface area contributed by atoms with Gasteiger partial charge in [-0.1, -0.05) is 23.4 Å². The fourth-order valence-corrected chi connectivity index (χ4v) is 3.46. The van der Waals surface area contributed by atoms with Crippen molar-refractivity contribution in [2.24, 2.45) is 0 Å². The lowest BCUT2D eigenvalue weighted by Crippen LogP contribution is -2.31. The average Bonchev–Trinajstić information content (AvgIpc) is 3.20. The molecule has 2 aliphatic rings. The van der Waals surface area contributed by atoms with E-state index in [0.717, 1.165) is 42.9 Å². The summed E-state index contributed by atoms with van der Waals surface area (Å²) < 4.78 is 7.51. The molecule has 1 aromatic carbocycles. The zero-order valence-electron chi connectivity index (χ0n) is 13.7. The van der Waals surface area contributed by atoms with Crippen LogP contribution in [0.3, 0.4) is 0 Å². The van der Waals surface area contributed by atoms with Gasteiger partial charge in [-0.25, -0.2) is 4.68 Å². The Morgan fingerprint density at radius 2 is 2.12 bits per heavy atom. The first-order valence-electron chi connectivity index (χ1n) is 8.39. The van der Waals surface area contributed by atoms with Gasteiger partial charge in [0.25, 0.3) is 5.91 Å². The molecule has 0 spiro atoms. The molecule has 0 bridgehead atoms. The van der Waals surface area contributed by atoms with Gasteiger partial charge in [-0.15, -0.1) is 5.10 Å². The lowest BCUT2D eigenvalue weighted by molar-refractivity contribution is 0.0924. The molecule has 1 saturated heterocycles. The van der Waals surface area contributed by atoms with Crippen molar-refractivity contribution in [3.63, 3.8) is 0 Å². The molecular weight excluding hydrogens is 306 g/mol. The molecule has 2 aliphatic heterocycles. The molecule has 1 atom stereocenters. The highest BCUT2D eigenvalue weighted by Gasteiger charge is 2.28. The minimum atomic E-state index is -0.196. The van der Waals surface area contributed by atoms with Crippen molar-refractivity contribution in [2.45, 2.75) is 31.8 Å². The van der Waals surface area contributed by atoms with Crippen molar-refractivity contribution in [1.82, 2.24) is 25.6 Å². The molecule has 0 aliphatic carbocycles. The smallest absolute Gasteiger partial charge is 0.274 e. The first-order chi connectivity index (χ1) is 11.7. The molecule has 1 unspecified atom stereocenters. The Bertz CT molecular complexity index is 751. The number of fused-ring (bicyclic) bond motifs is 1.